The molecule has 2 heteroatoms. The molecular weight excluding hydrogens is 256 g/mol. The summed E-state index contributed by atoms with van der Waals surface area (Å²) in [5, 5.41) is 3.49. The lowest BCUT2D eigenvalue weighted by atomic mass is 10.0. The van der Waals surface area contributed by atoms with Crippen LogP contribution in [0.15, 0.2) is 78.9 Å². The Morgan fingerprint density at radius 2 is 1.38 bits per heavy atom. The van der Waals surface area contributed by atoms with Gasteiger partial charge in [0.25, 0.3) is 0 Å². The molecule has 0 amide bonds. The maximum atomic E-state index is 5.99. The number of rotatable bonds is 4. The first-order chi connectivity index (χ1) is 10.3. The van der Waals surface area contributed by atoms with Crippen molar-refractivity contribution in [2.24, 2.45) is 0 Å². The maximum Gasteiger partial charge on any atom is 0.0422 e. The molecule has 0 radical (unpaired) electrons. The van der Waals surface area contributed by atoms with Gasteiger partial charge in [-0.3, -0.25) is 0 Å². The summed E-state index contributed by atoms with van der Waals surface area (Å²) in [4.78, 5) is 0. The Hall–Kier alpha value is -2.74. The number of nitrogens with two attached hydrogens (primary N) is 1. The van der Waals surface area contributed by atoms with Gasteiger partial charge in [0.15, 0.2) is 0 Å². The average Bonchev–Trinajstić information content (AvgIpc) is 2.55. The largest absolute Gasteiger partial charge is 0.398 e. The summed E-state index contributed by atoms with van der Waals surface area (Å²) in [6.45, 7) is 0.719. The van der Waals surface area contributed by atoms with Crippen LogP contribution < -0.4 is 11.1 Å². The summed E-state index contributed by atoms with van der Waals surface area (Å²) < 4.78 is 0. The molecule has 0 aliphatic carbocycles. The molecule has 0 fully saturated rings. The number of hydrogen-bond donors (Lipinski definition) is 2. The van der Waals surface area contributed by atoms with Crippen molar-refractivity contribution < 1.29 is 0 Å². The fraction of sp³-hybridized carbons (Fsp3) is 0.0526. The van der Waals surface area contributed by atoms with Gasteiger partial charge in [-0.1, -0.05) is 66.7 Å². The molecule has 3 aromatic rings. The van der Waals surface area contributed by atoms with Crippen LogP contribution in [-0.4, -0.2) is 0 Å². The number of benzene rings is 3. The Labute approximate surface area is 125 Å². The van der Waals surface area contributed by atoms with E-state index >= 15 is 0 Å². The molecule has 21 heavy (non-hydrogen) atoms. The lowest BCUT2D eigenvalue weighted by Crippen LogP contribution is -2.03. The van der Waals surface area contributed by atoms with E-state index in [1.54, 1.807) is 0 Å². The summed E-state index contributed by atoms with van der Waals surface area (Å²) in [6, 6.07) is 26.7. The quantitative estimate of drug-likeness (QED) is 0.685. The van der Waals surface area contributed by atoms with Crippen LogP contribution in [0, 0.1) is 0 Å². The average molecular weight is 274 g/mol. The van der Waals surface area contributed by atoms with Crippen LogP contribution in [0.3, 0.4) is 0 Å². The van der Waals surface area contributed by atoms with Gasteiger partial charge < -0.3 is 11.1 Å². The van der Waals surface area contributed by atoms with E-state index in [1.165, 1.54) is 11.1 Å². The van der Waals surface area contributed by atoms with E-state index in [0.717, 1.165) is 23.5 Å². The van der Waals surface area contributed by atoms with E-state index in [9.17, 15) is 0 Å². The minimum absolute atomic E-state index is 0.719. The summed E-state index contributed by atoms with van der Waals surface area (Å²) in [7, 11) is 0. The highest BCUT2D eigenvalue weighted by molar-refractivity contribution is 5.77. The summed E-state index contributed by atoms with van der Waals surface area (Å²) in [6.07, 6.45) is 0. The van der Waals surface area contributed by atoms with Crippen molar-refractivity contribution in [3.05, 3.63) is 84.4 Å². The van der Waals surface area contributed by atoms with Crippen LogP contribution in [0.2, 0.25) is 0 Å². The molecule has 0 atom stereocenters. The van der Waals surface area contributed by atoms with E-state index in [0.29, 0.717) is 0 Å². The second-order valence-electron chi connectivity index (χ2n) is 4.96. The van der Waals surface area contributed by atoms with E-state index in [2.05, 4.69) is 47.8 Å². The molecule has 2 nitrogen and oxygen atoms in total. The van der Waals surface area contributed by atoms with E-state index < -0.39 is 0 Å². The Bertz CT molecular complexity index is 720. The normalized spacial score (nSPS) is 10.3. The SMILES string of the molecule is Nc1ccccc1CNc1ccccc1-c1ccccc1. The molecule has 104 valence electrons. The number of nitrogens with one attached hydrogen (secondary N) is 1. The van der Waals surface area contributed by atoms with Gasteiger partial charge in [0.1, 0.15) is 0 Å². The molecule has 0 spiro atoms. The molecule has 3 aromatic carbocycles. The second kappa shape index (κ2) is 6.14. The van der Waals surface area contributed by atoms with Crippen LogP contribution in [0.5, 0.6) is 0 Å². The fourth-order valence-electron chi connectivity index (χ4n) is 2.39. The van der Waals surface area contributed by atoms with Crippen molar-refractivity contribution in [1.29, 1.82) is 0 Å². The van der Waals surface area contributed by atoms with Gasteiger partial charge in [0.05, 0.1) is 0 Å². The molecule has 0 saturated heterocycles. The first-order valence-electron chi connectivity index (χ1n) is 7.06. The lowest BCUT2D eigenvalue weighted by molar-refractivity contribution is 1.15. The van der Waals surface area contributed by atoms with Crippen molar-refractivity contribution in [2.45, 2.75) is 6.54 Å². The van der Waals surface area contributed by atoms with Gasteiger partial charge in [0, 0.05) is 23.5 Å². The molecule has 0 aromatic heterocycles. The van der Waals surface area contributed by atoms with Gasteiger partial charge in [-0.15, -0.1) is 0 Å². The van der Waals surface area contributed by atoms with E-state index in [1.807, 2.05) is 36.4 Å². The lowest BCUT2D eigenvalue weighted by Gasteiger charge is -2.13. The Balaban J connectivity index is 1.85. The van der Waals surface area contributed by atoms with Crippen molar-refractivity contribution >= 4 is 11.4 Å². The zero-order valence-electron chi connectivity index (χ0n) is 11.8. The number of hydrogen-bond acceptors (Lipinski definition) is 2. The van der Waals surface area contributed by atoms with Gasteiger partial charge in [-0.05, 0) is 23.3 Å². The van der Waals surface area contributed by atoms with Crippen LogP contribution >= 0.6 is 0 Å². The molecule has 0 aliphatic rings. The minimum Gasteiger partial charge on any atom is -0.398 e. The Kier molecular flexibility index (Phi) is 3.88. The highest BCUT2D eigenvalue weighted by Crippen LogP contribution is 2.28. The van der Waals surface area contributed by atoms with E-state index in [-0.39, 0.29) is 0 Å². The highest BCUT2D eigenvalue weighted by Gasteiger charge is 2.04. The highest BCUT2D eigenvalue weighted by atomic mass is 14.9. The van der Waals surface area contributed by atoms with Crippen molar-refractivity contribution in [3.63, 3.8) is 0 Å². The second-order valence-corrected chi connectivity index (χ2v) is 4.96. The maximum absolute atomic E-state index is 5.99. The molecule has 0 aliphatic heterocycles. The molecule has 0 saturated carbocycles. The predicted octanol–water partition coefficient (Wildman–Crippen LogP) is 4.55. The Morgan fingerprint density at radius 3 is 2.19 bits per heavy atom. The standard InChI is InChI=1S/C19H18N2/c20-18-12-6-4-10-16(18)14-21-19-13-7-5-11-17(19)15-8-2-1-3-9-15/h1-13,21H,14,20H2. The van der Waals surface area contributed by atoms with Gasteiger partial charge in [-0.25, -0.2) is 0 Å². The summed E-state index contributed by atoms with van der Waals surface area (Å²) >= 11 is 0. The molecule has 0 unspecified atom stereocenters. The monoisotopic (exact) mass is 274 g/mol. The van der Waals surface area contributed by atoms with Crippen LogP contribution in [-0.2, 0) is 6.54 Å². The van der Waals surface area contributed by atoms with Gasteiger partial charge in [-0.2, -0.15) is 0 Å². The van der Waals surface area contributed by atoms with Crippen molar-refractivity contribution in [3.8, 4) is 11.1 Å². The third kappa shape index (κ3) is 3.06. The summed E-state index contributed by atoms with van der Waals surface area (Å²) in [5.74, 6) is 0. The fourth-order valence-corrected chi connectivity index (χ4v) is 2.39. The van der Waals surface area contributed by atoms with Crippen LogP contribution in [0.25, 0.3) is 11.1 Å². The van der Waals surface area contributed by atoms with E-state index in [4.69, 9.17) is 5.73 Å². The third-order valence-electron chi connectivity index (χ3n) is 3.54. The molecule has 3 rings (SSSR count). The van der Waals surface area contributed by atoms with Crippen LogP contribution in [0.1, 0.15) is 5.56 Å². The van der Waals surface area contributed by atoms with Gasteiger partial charge in [0.2, 0.25) is 0 Å². The topological polar surface area (TPSA) is 38.0 Å². The molecule has 0 heterocycles. The number of nitrogen functional groups attached to an aromatic ring is 1. The zero-order chi connectivity index (χ0) is 14.5. The Morgan fingerprint density at radius 1 is 0.714 bits per heavy atom. The first-order valence-corrected chi connectivity index (χ1v) is 7.06. The summed E-state index contributed by atoms with van der Waals surface area (Å²) in [5.41, 5.74) is 11.5. The van der Waals surface area contributed by atoms with Gasteiger partial charge >= 0.3 is 0 Å². The minimum atomic E-state index is 0.719. The predicted molar refractivity (Wildman–Crippen MR) is 90.1 cm³/mol. The first kappa shape index (κ1) is 13.3. The molecule has 3 N–H and O–H groups in total. The molecule has 0 bridgehead atoms. The molecular formula is C19H18N2. The van der Waals surface area contributed by atoms with Crippen molar-refractivity contribution in [1.82, 2.24) is 0 Å². The number of anilines is 2. The third-order valence-corrected chi connectivity index (χ3v) is 3.54. The van der Waals surface area contributed by atoms with Crippen molar-refractivity contribution in [2.75, 3.05) is 11.1 Å². The smallest absolute Gasteiger partial charge is 0.0422 e. The number of para-hydroxylation sites is 2. The van der Waals surface area contributed by atoms with Crippen LogP contribution in [0.4, 0.5) is 11.4 Å². The zero-order valence-corrected chi connectivity index (χ0v) is 11.8.